The van der Waals surface area contributed by atoms with E-state index in [0.29, 0.717) is 41.4 Å². The van der Waals surface area contributed by atoms with Gasteiger partial charge < -0.3 is 14.8 Å². The van der Waals surface area contributed by atoms with Crippen molar-refractivity contribution in [3.63, 3.8) is 0 Å². The molecule has 2 aromatic carbocycles. The number of hydrogen-bond donors (Lipinski definition) is 1. The number of carbonyl (C=O) groups is 1. The van der Waals surface area contributed by atoms with E-state index in [2.05, 4.69) is 31.6 Å². The number of carbonyl (C=O) groups excluding carboxylic acids is 1. The predicted molar refractivity (Wildman–Crippen MR) is 98.7 cm³/mol. The summed E-state index contributed by atoms with van der Waals surface area (Å²) in [6, 6.07) is 13.4. The molecule has 0 radical (unpaired) electrons. The zero-order valence-corrected chi connectivity index (χ0v) is 15.3. The third kappa shape index (κ3) is 3.55. The lowest BCUT2D eigenvalue weighted by atomic mass is 10.2. The van der Waals surface area contributed by atoms with Crippen LogP contribution >= 0.6 is 15.9 Å². The molecular weight excluding hydrogens is 400 g/mol. The molecule has 8 heteroatoms. The molecule has 0 bridgehead atoms. The Labute approximate surface area is 158 Å². The van der Waals surface area contributed by atoms with Gasteiger partial charge in [-0.2, -0.15) is 0 Å². The third-order valence-corrected chi connectivity index (χ3v) is 4.49. The van der Waals surface area contributed by atoms with Crippen molar-refractivity contribution >= 4 is 27.5 Å². The second-order valence-corrected chi connectivity index (χ2v) is 6.57. The number of fused-ring (bicyclic) bond motifs is 1. The van der Waals surface area contributed by atoms with Gasteiger partial charge in [0, 0.05) is 16.6 Å². The summed E-state index contributed by atoms with van der Waals surface area (Å²) in [4.78, 5) is 12.5. The monoisotopic (exact) mass is 414 g/mol. The molecule has 26 heavy (non-hydrogen) atoms. The smallest absolute Gasteiger partial charge is 0.277 e. The van der Waals surface area contributed by atoms with Crippen LogP contribution in [0.3, 0.4) is 0 Å². The third-order valence-electron chi connectivity index (χ3n) is 3.84. The van der Waals surface area contributed by atoms with E-state index in [1.54, 1.807) is 23.0 Å². The SMILES string of the molecule is O=C(Nc1cc2c(cc1Br)OCCO2)c1cn(Cc2ccccc2)nn1. The van der Waals surface area contributed by atoms with Crippen LogP contribution in [-0.4, -0.2) is 34.1 Å². The number of hydrogen-bond acceptors (Lipinski definition) is 5. The van der Waals surface area contributed by atoms with Crippen molar-refractivity contribution < 1.29 is 14.3 Å². The van der Waals surface area contributed by atoms with Crippen molar-refractivity contribution in [3.8, 4) is 11.5 Å². The summed E-state index contributed by atoms with van der Waals surface area (Å²) in [7, 11) is 0. The average molecular weight is 415 g/mol. The molecule has 1 N–H and O–H groups in total. The van der Waals surface area contributed by atoms with Gasteiger partial charge in [0.1, 0.15) is 13.2 Å². The van der Waals surface area contributed by atoms with Crippen molar-refractivity contribution in [2.45, 2.75) is 6.54 Å². The Morgan fingerprint density at radius 1 is 1.15 bits per heavy atom. The largest absolute Gasteiger partial charge is 0.486 e. The Morgan fingerprint density at radius 3 is 2.65 bits per heavy atom. The maximum absolute atomic E-state index is 12.5. The van der Waals surface area contributed by atoms with Crippen molar-refractivity contribution in [1.29, 1.82) is 0 Å². The minimum absolute atomic E-state index is 0.239. The fourth-order valence-electron chi connectivity index (χ4n) is 2.60. The van der Waals surface area contributed by atoms with E-state index in [-0.39, 0.29) is 11.6 Å². The molecule has 7 nitrogen and oxygen atoms in total. The summed E-state index contributed by atoms with van der Waals surface area (Å²) < 4.78 is 13.4. The molecule has 3 aromatic rings. The summed E-state index contributed by atoms with van der Waals surface area (Å²) >= 11 is 3.43. The lowest BCUT2D eigenvalue weighted by molar-refractivity contribution is 0.102. The number of aromatic nitrogens is 3. The van der Waals surface area contributed by atoms with Crippen LogP contribution in [0.5, 0.6) is 11.5 Å². The van der Waals surface area contributed by atoms with Crippen LogP contribution in [0.1, 0.15) is 16.1 Å². The fraction of sp³-hybridized carbons (Fsp3) is 0.167. The van der Waals surface area contributed by atoms with Gasteiger partial charge in [0.2, 0.25) is 0 Å². The topological polar surface area (TPSA) is 78.3 Å². The molecule has 1 aliphatic heterocycles. The zero-order valence-electron chi connectivity index (χ0n) is 13.7. The zero-order chi connectivity index (χ0) is 17.9. The molecule has 0 unspecified atom stereocenters. The molecule has 0 saturated heterocycles. The highest BCUT2D eigenvalue weighted by Crippen LogP contribution is 2.38. The molecule has 1 aliphatic rings. The quantitative estimate of drug-likeness (QED) is 0.709. The minimum atomic E-state index is -0.346. The Balaban J connectivity index is 1.49. The molecule has 0 fully saturated rings. The van der Waals surface area contributed by atoms with Crippen LogP contribution < -0.4 is 14.8 Å². The molecule has 0 saturated carbocycles. The summed E-state index contributed by atoms with van der Waals surface area (Å²) in [5.41, 5.74) is 1.90. The van der Waals surface area contributed by atoms with Gasteiger partial charge in [-0.15, -0.1) is 5.10 Å². The molecule has 0 aliphatic carbocycles. The first-order chi connectivity index (χ1) is 12.7. The normalized spacial score (nSPS) is 12.7. The number of anilines is 1. The van der Waals surface area contributed by atoms with E-state index in [1.807, 2.05) is 30.3 Å². The lowest BCUT2D eigenvalue weighted by Crippen LogP contribution is -2.17. The van der Waals surface area contributed by atoms with Gasteiger partial charge in [-0.25, -0.2) is 4.68 Å². The Kier molecular flexibility index (Phi) is 4.57. The first-order valence-electron chi connectivity index (χ1n) is 8.03. The van der Waals surface area contributed by atoms with Crippen LogP contribution in [0.4, 0.5) is 5.69 Å². The van der Waals surface area contributed by atoms with Crippen molar-refractivity contribution in [1.82, 2.24) is 15.0 Å². The predicted octanol–water partition coefficient (Wildman–Crippen LogP) is 3.11. The van der Waals surface area contributed by atoms with Gasteiger partial charge in [0.05, 0.1) is 18.4 Å². The molecule has 1 amide bonds. The maximum atomic E-state index is 12.5. The summed E-state index contributed by atoms with van der Waals surface area (Å²) in [6.45, 7) is 1.54. The number of amides is 1. The van der Waals surface area contributed by atoms with Gasteiger partial charge in [-0.3, -0.25) is 4.79 Å². The summed E-state index contributed by atoms with van der Waals surface area (Å²) in [5.74, 6) is 0.902. The average Bonchev–Trinajstić information content (AvgIpc) is 3.12. The number of nitrogens with zero attached hydrogens (tertiary/aromatic N) is 3. The van der Waals surface area contributed by atoms with E-state index in [4.69, 9.17) is 9.47 Å². The van der Waals surface area contributed by atoms with E-state index in [9.17, 15) is 4.79 Å². The summed E-state index contributed by atoms with van der Waals surface area (Å²) in [6.07, 6.45) is 1.62. The van der Waals surface area contributed by atoms with Crippen LogP contribution in [0, 0.1) is 0 Å². The number of nitrogens with one attached hydrogen (secondary N) is 1. The number of rotatable bonds is 4. The molecular formula is C18H15BrN4O3. The number of benzene rings is 2. The Morgan fingerprint density at radius 2 is 1.88 bits per heavy atom. The van der Waals surface area contributed by atoms with Gasteiger partial charge in [-0.05, 0) is 21.5 Å². The van der Waals surface area contributed by atoms with Crippen molar-refractivity contribution in [2.75, 3.05) is 18.5 Å². The summed E-state index contributed by atoms with van der Waals surface area (Å²) in [5, 5.41) is 10.8. The Bertz CT molecular complexity index is 943. The van der Waals surface area contributed by atoms with Crippen molar-refractivity contribution in [3.05, 3.63) is 64.4 Å². The first kappa shape index (κ1) is 16.6. The molecule has 1 aromatic heterocycles. The van der Waals surface area contributed by atoms with E-state index in [0.717, 1.165) is 5.56 Å². The lowest BCUT2D eigenvalue weighted by Gasteiger charge is -2.19. The fourth-order valence-corrected chi connectivity index (χ4v) is 3.02. The molecule has 2 heterocycles. The highest BCUT2D eigenvalue weighted by Gasteiger charge is 2.18. The van der Waals surface area contributed by atoms with E-state index < -0.39 is 0 Å². The second-order valence-electron chi connectivity index (χ2n) is 5.72. The highest BCUT2D eigenvalue weighted by molar-refractivity contribution is 9.10. The number of halogens is 1. The van der Waals surface area contributed by atoms with Crippen LogP contribution in [0.15, 0.2) is 53.1 Å². The van der Waals surface area contributed by atoms with E-state index >= 15 is 0 Å². The minimum Gasteiger partial charge on any atom is -0.486 e. The highest BCUT2D eigenvalue weighted by atomic mass is 79.9. The maximum Gasteiger partial charge on any atom is 0.277 e. The molecule has 0 spiro atoms. The first-order valence-corrected chi connectivity index (χ1v) is 8.83. The molecule has 132 valence electrons. The van der Waals surface area contributed by atoms with Crippen LogP contribution in [-0.2, 0) is 6.54 Å². The van der Waals surface area contributed by atoms with Gasteiger partial charge in [0.25, 0.3) is 5.91 Å². The molecule has 4 rings (SSSR count). The van der Waals surface area contributed by atoms with Crippen LogP contribution in [0.2, 0.25) is 0 Å². The second kappa shape index (κ2) is 7.17. The Hall–Kier alpha value is -2.87. The molecule has 0 atom stereocenters. The van der Waals surface area contributed by atoms with Crippen molar-refractivity contribution in [2.24, 2.45) is 0 Å². The van der Waals surface area contributed by atoms with E-state index in [1.165, 1.54) is 0 Å². The van der Waals surface area contributed by atoms with Gasteiger partial charge in [0.15, 0.2) is 17.2 Å². The van der Waals surface area contributed by atoms with Gasteiger partial charge >= 0.3 is 0 Å². The standard InChI is InChI=1S/C18H15BrN4O3/c19-13-8-16-17(26-7-6-25-16)9-14(13)20-18(24)15-11-23(22-21-15)10-12-4-2-1-3-5-12/h1-5,8-9,11H,6-7,10H2,(H,20,24). The number of ether oxygens (including phenoxy) is 2. The van der Waals surface area contributed by atoms with Crippen LogP contribution in [0.25, 0.3) is 0 Å². The van der Waals surface area contributed by atoms with Gasteiger partial charge in [-0.1, -0.05) is 35.5 Å².